The molecule has 3 rings (SSSR count). The number of urea groups is 1. The molecule has 0 aliphatic carbocycles. The summed E-state index contributed by atoms with van der Waals surface area (Å²) in [4.78, 5) is 38.3. The second-order valence-corrected chi connectivity index (χ2v) is 6.51. The Kier molecular flexibility index (Phi) is 4.90. The highest BCUT2D eigenvalue weighted by Crippen LogP contribution is 2.35. The molecule has 0 saturated heterocycles. The van der Waals surface area contributed by atoms with Crippen LogP contribution in [0.3, 0.4) is 0 Å². The van der Waals surface area contributed by atoms with Gasteiger partial charge in [0.05, 0.1) is 11.6 Å². The standard InChI is InChI=1S/C17H16N6O2S/c1-10(24)14(11-7-20-15(18)21-8-11)13-9-22-17(26-13)23(16(19)25)12-5-3-2-4-6-12/h2-9,14H,1H3,(H2,19,25)(H2,18,20,21). The Bertz CT molecular complexity index is 926. The van der Waals surface area contributed by atoms with Crippen LogP contribution in [-0.4, -0.2) is 26.8 Å². The third-order valence-electron chi connectivity index (χ3n) is 3.65. The first-order valence-corrected chi connectivity index (χ1v) is 8.47. The van der Waals surface area contributed by atoms with Gasteiger partial charge >= 0.3 is 6.03 Å². The van der Waals surface area contributed by atoms with Crippen LogP contribution in [0.15, 0.2) is 48.9 Å². The van der Waals surface area contributed by atoms with Gasteiger partial charge < -0.3 is 11.5 Å². The summed E-state index contributed by atoms with van der Waals surface area (Å²) in [7, 11) is 0. The lowest BCUT2D eigenvalue weighted by Crippen LogP contribution is -2.31. The summed E-state index contributed by atoms with van der Waals surface area (Å²) >= 11 is 1.21. The van der Waals surface area contributed by atoms with E-state index in [1.165, 1.54) is 35.6 Å². The molecule has 132 valence electrons. The number of primary amides is 1. The molecule has 1 atom stereocenters. The van der Waals surface area contributed by atoms with Crippen molar-refractivity contribution >= 4 is 39.9 Å². The minimum atomic E-state index is -0.660. The molecular formula is C17H16N6O2S. The lowest BCUT2D eigenvalue weighted by molar-refractivity contribution is -0.117. The summed E-state index contributed by atoms with van der Waals surface area (Å²) in [5.74, 6) is -0.559. The van der Waals surface area contributed by atoms with Gasteiger partial charge in [-0.3, -0.25) is 4.79 Å². The summed E-state index contributed by atoms with van der Waals surface area (Å²) in [6.07, 6.45) is 4.58. The largest absolute Gasteiger partial charge is 0.368 e. The number of hydrogen-bond acceptors (Lipinski definition) is 7. The average molecular weight is 368 g/mol. The number of aromatic nitrogens is 3. The molecule has 0 aliphatic heterocycles. The highest BCUT2D eigenvalue weighted by molar-refractivity contribution is 7.16. The normalized spacial score (nSPS) is 11.7. The Hall–Kier alpha value is -3.33. The Morgan fingerprint density at radius 3 is 2.31 bits per heavy atom. The van der Waals surface area contributed by atoms with Gasteiger partial charge in [0.2, 0.25) is 5.95 Å². The molecule has 0 radical (unpaired) electrons. The molecule has 8 nitrogen and oxygen atoms in total. The topological polar surface area (TPSA) is 128 Å². The van der Waals surface area contributed by atoms with E-state index in [2.05, 4.69) is 15.0 Å². The van der Waals surface area contributed by atoms with Gasteiger partial charge in [0.15, 0.2) is 5.13 Å². The second-order valence-electron chi connectivity index (χ2n) is 5.47. The first-order chi connectivity index (χ1) is 12.5. The number of amides is 2. The third-order valence-corrected chi connectivity index (χ3v) is 4.70. The number of carbonyl (C=O) groups excluding carboxylic acids is 2. The van der Waals surface area contributed by atoms with E-state index in [1.54, 1.807) is 30.5 Å². The van der Waals surface area contributed by atoms with Gasteiger partial charge in [-0.1, -0.05) is 18.2 Å². The molecule has 2 aromatic heterocycles. The maximum Gasteiger partial charge on any atom is 0.325 e. The lowest BCUT2D eigenvalue weighted by atomic mass is 9.97. The summed E-state index contributed by atoms with van der Waals surface area (Å²) in [6.45, 7) is 1.48. The molecule has 0 saturated carbocycles. The minimum Gasteiger partial charge on any atom is -0.368 e. The van der Waals surface area contributed by atoms with Gasteiger partial charge in [-0.25, -0.2) is 24.6 Å². The number of carbonyl (C=O) groups is 2. The number of benzene rings is 1. The zero-order valence-corrected chi connectivity index (χ0v) is 14.7. The van der Waals surface area contributed by atoms with Crippen molar-refractivity contribution in [2.75, 3.05) is 10.6 Å². The number of para-hydroxylation sites is 1. The van der Waals surface area contributed by atoms with Crippen LogP contribution >= 0.6 is 11.3 Å². The molecular weight excluding hydrogens is 352 g/mol. The number of thiazole rings is 1. The van der Waals surface area contributed by atoms with Crippen LogP contribution in [0, 0.1) is 0 Å². The predicted octanol–water partition coefficient (Wildman–Crippen LogP) is 2.45. The van der Waals surface area contributed by atoms with Crippen LogP contribution in [0.5, 0.6) is 0 Å². The van der Waals surface area contributed by atoms with E-state index in [1.807, 2.05) is 6.07 Å². The lowest BCUT2D eigenvalue weighted by Gasteiger charge is -2.17. The van der Waals surface area contributed by atoms with E-state index in [9.17, 15) is 9.59 Å². The van der Waals surface area contributed by atoms with Crippen molar-refractivity contribution in [3.8, 4) is 0 Å². The molecule has 1 aromatic carbocycles. The zero-order valence-electron chi connectivity index (χ0n) is 13.9. The summed E-state index contributed by atoms with van der Waals surface area (Å²) < 4.78 is 0. The Morgan fingerprint density at radius 1 is 1.08 bits per heavy atom. The van der Waals surface area contributed by atoms with E-state index in [0.717, 1.165) is 0 Å². The number of nitrogens with zero attached hydrogens (tertiary/aromatic N) is 4. The SMILES string of the molecule is CC(=O)C(c1cnc(N)nc1)c1cnc(N(C(N)=O)c2ccccc2)s1. The fourth-order valence-corrected chi connectivity index (χ4v) is 3.65. The number of hydrogen-bond donors (Lipinski definition) is 2. The van der Waals surface area contributed by atoms with Crippen LogP contribution < -0.4 is 16.4 Å². The van der Waals surface area contributed by atoms with Crippen molar-refractivity contribution in [2.45, 2.75) is 12.8 Å². The number of ketones is 1. The van der Waals surface area contributed by atoms with Gasteiger partial charge in [-0.05, 0) is 19.1 Å². The average Bonchev–Trinajstić information content (AvgIpc) is 3.06. The van der Waals surface area contributed by atoms with Crippen LogP contribution in [0.25, 0.3) is 0 Å². The minimum absolute atomic E-state index is 0.0982. The quantitative estimate of drug-likeness (QED) is 0.712. The highest BCUT2D eigenvalue weighted by atomic mass is 32.1. The smallest absolute Gasteiger partial charge is 0.325 e. The zero-order chi connectivity index (χ0) is 18.7. The molecule has 0 bridgehead atoms. The Balaban J connectivity index is 2.00. The van der Waals surface area contributed by atoms with Crippen molar-refractivity contribution in [2.24, 2.45) is 5.73 Å². The summed E-state index contributed by atoms with van der Waals surface area (Å²) in [5.41, 5.74) is 12.2. The number of anilines is 3. The van der Waals surface area contributed by atoms with Crippen LogP contribution in [0.2, 0.25) is 0 Å². The van der Waals surface area contributed by atoms with E-state index in [0.29, 0.717) is 21.3 Å². The molecule has 4 N–H and O–H groups in total. The van der Waals surface area contributed by atoms with Gasteiger partial charge in [0.25, 0.3) is 0 Å². The van der Waals surface area contributed by atoms with Crippen molar-refractivity contribution in [3.63, 3.8) is 0 Å². The number of nitrogen functional groups attached to an aromatic ring is 1. The van der Waals surface area contributed by atoms with E-state index in [-0.39, 0.29) is 11.7 Å². The molecule has 9 heteroatoms. The maximum absolute atomic E-state index is 12.2. The van der Waals surface area contributed by atoms with Gasteiger partial charge in [0.1, 0.15) is 5.78 Å². The third kappa shape index (κ3) is 3.52. The van der Waals surface area contributed by atoms with Crippen LogP contribution in [0.4, 0.5) is 21.6 Å². The van der Waals surface area contributed by atoms with E-state index >= 15 is 0 Å². The Labute approximate surface area is 153 Å². The molecule has 3 aromatic rings. The molecule has 2 heterocycles. The van der Waals surface area contributed by atoms with Gasteiger partial charge in [0, 0.05) is 29.0 Å². The molecule has 0 aliphatic rings. The number of rotatable bonds is 5. The number of Topliss-reactive ketones (excluding diaryl/α,β-unsaturated/α-hetero) is 1. The molecule has 1 unspecified atom stereocenters. The Morgan fingerprint density at radius 2 is 1.73 bits per heavy atom. The molecule has 2 amide bonds. The van der Waals surface area contributed by atoms with Crippen molar-refractivity contribution in [1.29, 1.82) is 0 Å². The van der Waals surface area contributed by atoms with Crippen LogP contribution in [0.1, 0.15) is 23.3 Å². The van der Waals surface area contributed by atoms with Crippen LogP contribution in [-0.2, 0) is 4.79 Å². The number of nitrogens with two attached hydrogens (primary N) is 2. The van der Waals surface area contributed by atoms with Crippen molar-refractivity contribution in [1.82, 2.24) is 15.0 Å². The summed E-state index contributed by atoms with van der Waals surface area (Å²) in [6, 6.07) is 8.27. The highest BCUT2D eigenvalue weighted by Gasteiger charge is 2.25. The van der Waals surface area contributed by atoms with Crippen molar-refractivity contribution < 1.29 is 9.59 Å². The van der Waals surface area contributed by atoms with E-state index in [4.69, 9.17) is 11.5 Å². The summed E-state index contributed by atoms with van der Waals surface area (Å²) in [5, 5.41) is 0.376. The fraction of sp³-hybridized carbons (Fsp3) is 0.118. The van der Waals surface area contributed by atoms with Crippen molar-refractivity contribution in [3.05, 3.63) is 59.4 Å². The molecule has 0 spiro atoms. The monoisotopic (exact) mass is 368 g/mol. The fourth-order valence-electron chi connectivity index (χ4n) is 2.52. The second kappa shape index (κ2) is 7.28. The van der Waals surface area contributed by atoms with Gasteiger partial charge in [-0.2, -0.15) is 0 Å². The van der Waals surface area contributed by atoms with Gasteiger partial charge in [-0.15, -0.1) is 11.3 Å². The first-order valence-electron chi connectivity index (χ1n) is 7.65. The maximum atomic E-state index is 12.2. The molecule has 0 fully saturated rings. The molecule has 26 heavy (non-hydrogen) atoms. The van der Waals surface area contributed by atoms with E-state index < -0.39 is 11.9 Å². The first kappa shape index (κ1) is 17.5. The predicted molar refractivity (Wildman–Crippen MR) is 99.2 cm³/mol.